The van der Waals surface area contributed by atoms with Gasteiger partial charge in [-0.2, -0.15) is 0 Å². The maximum Gasteiger partial charge on any atom is 0.194 e. The number of nitrogens with one attached hydrogen (secondary N) is 1. The molecular formula is C16H27IN4S. The van der Waals surface area contributed by atoms with Gasteiger partial charge in [0.05, 0.1) is 5.00 Å². The van der Waals surface area contributed by atoms with E-state index in [4.69, 9.17) is 4.99 Å². The number of aliphatic imine (C=N–C) groups is 1. The van der Waals surface area contributed by atoms with Crippen molar-refractivity contribution in [1.29, 1.82) is 0 Å². The molecule has 1 saturated heterocycles. The summed E-state index contributed by atoms with van der Waals surface area (Å²) in [5.74, 6) is 2.82. The largest absolute Gasteiger partial charge is 0.360 e. The molecule has 1 saturated carbocycles. The van der Waals surface area contributed by atoms with Crippen LogP contribution in [0.2, 0.25) is 0 Å². The van der Waals surface area contributed by atoms with Crippen molar-refractivity contribution < 1.29 is 0 Å². The summed E-state index contributed by atoms with van der Waals surface area (Å²) in [6, 6.07) is 4.35. The number of anilines is 1. The van der Waals surface area contributed by atoms with Crippen LogP contribution in [0, 0.1) is 11.8 Å². The summed E-state index contributed by atoms with van der Waals surface area (Å²) < 4.78 is 0. The van der Waals surface area contributed by atoms with Gasteiger partial charge < -0.3 is 15.1 Å². The highest BCUT2D eigenvalue weighted by Crippen LogP contribution is 2.37. The molecule has 124 valence electrons. The van der Waals surface area contributed by atoms with E-state index < -0.39 is 0 Å². The van der Waals surface area contributed by atoms with E-state index in [0.29, 0.717) is 0 Å². The standard InChI is InChI=1S/C16H26N4S.HI/c1-3-17-16(18-12-14-11-13(14)2)20-8-6-19(7-9-20)15-5-4-10-21-15;/h4-5,10,13-14H,3,6-9,11-12H2,1-2H3,(H,17,18);1H. The normalized spacial score (nSPS) is 24.9. The van der Waals surface area contributed by atoms with Gasteiger partial charge in [-0.1, -0.05) is 6.92 Å². The van der Waals surface area contributed by atoms with Crippen LogP contribution in [0.1, 0.15) is 20.3 Å². The van der Waals surface area contributed by atoms with Gasteiger partial charge in [0.25, 0.3) is 0 Å². The summed E-state index contributed by atoms with van der Waals surface area (Å²) in [4.78, 5) is 9.75. The minimum absolute atomic E-state index is 0. The monoisotopic (exact) mass is 434 g/mol. The van der Waals surface area contributed by atoms with Gasteiger partial charge in [0.1, 0.15) is 0 Å². The Bertz CT molecular complexity index is 469. The van der Waals surface area contributed by atoms with Crippen LogP contribution >= 0.6 is 35.3 Å². The van der Waals surface area contributed by atoms with Crippen LogP contribution < -0.4 is 10.2 Å². The molecule has 0 radical (unpaired) electrons. The van der Waals surface area contributed by atoms with Crippen LogP contribution in [0.5, 0.6) is 0 Å². The van der Waals surface area contributed by atoms with Gasteiger partial charge >= 0.3 is 0 Å². The number of halogens is 1. The van der Waals surface area contributed by atoms with E-state index in [1.807, 2.05) is 11.3 Å². The fraction of sp³-hybridized carbons (Fsp3) is 0.688. The van der Waals surface area contributed by atoms with Gasteiger partial charge in [-0.25, -0.2) is 0 Å². The Hall–Kier alpha value is -0.500. The zero-order chi connectivity index (χ0) is 14.7. The fourth-order valence-corrected chi connectivity index (χ4v) is 3.66. The molecule has 0 bridgehead atoms. The molecular weight excluding hydrogens is 407 g/mol. The van der Waals surface area contributed by atoms with Crippen molar-refractivity contribution in [3.05, 3.63) is 17.5 Å². The highest BCUT2D eigenvalue weighted by atomic mass is 127. The molecule has 0 amide bonds. The molecule has 22 heavy (non-hydrogen) atoms. The van der Waals surface area contributed by atoms with Gasteiger partial charge in [0.15, 0.2) is 5.96 Å². The van der Waals surface area contributed by atoms with Crippen molar-refractivity contribution in [1.82, 2.24) is 10.2 Å². The molecule has 0 spiro atoms. The van der Waals surface area contributed by atoms with E-state index in [9.17, 15) is 0 Å². The minimum Gasteiger partial charge on any atom is -0.360 e. The topological polar surface area (TPSA) is 30.9 Å². The molecule has 2 unspecified atom stereocenters. The Balaban J connectivity index is 0.00000176. The van der Waals surface area contributed by atoms with Crippen molar-refractivity contribution in [3.63, 3.8) is 0 Å². The molecule has 1 aliphatic heterocycles. The van der Waals surface area contributed by atoms with Crippen LogP contribution in [0.4, 0.5) is 5.00 Å². The molecule has 4 nitrogen and oxygen atoms in total. The Labute approximate surface area is 155 Å². The first-order chi connectivity index (χ1) is 10.3. The third kappa shape index (κ3) is 4.50. The molecule has 1 aliphatic carbocycles. The lowest BCUT2D eigenvalue weighted by atomic mass is 10.3. The summed E-state index contributed by atoms with van der Waals surface area (Å²) in [5, 5.41) is 7.01. The van der Waals surface area contributed by atoms with E-state index in [-0.39, 0.29) is 24.0 Å². The number of piperazine rings is 1. The van der Waals surface area contributed by atoms with Gasteiger partial charge in [-0.15, -0.1) is 35.3 Å². The molecule has 2 atom stereocenters. The molecule has 3 rings (SSSR count). The third-order valence-electron chi connectivity index (χ3n) is 4.48. The maximum atomic E-state index is 4.85. The Morgan fingerprint density at radius 1 is 1.36 bits per heavy atom. The first-order valence-electron chi connectivity index (χ1n) is 8.09. The van der Waals surface area contributed by atoms with Crippen molar-refractivity contribution in [2.45, 2.75) is 20.3 Å². The van der Waals surface area contributed by atoms with Crippen LogP contribution in [-0.4, -0.2) is 50.1 Å². The van der Waals surface area contributed by atoms with Crippen molar-refractivity contribution in [2.75, 3.05) is 44.2 Å². The third-order valence-corrected chi connectivity index (χ3v) is 5.41. The zero-order valence-electron chi connectivity index (χ0n) is 13.5. The Morgan fingerprint density at radius 2 is 2.09 bits per heavy atom. The van der Waals surface area contributed by atoms with Gasteiger partial charge in [0, 0.05) is 39.3 Å². The number of hydrogen-bond donors (Lipinski definition) is 1. The predicted molar refractivity (Wildman–Crippen MR) is 107 cm³/mol. The van der Waals surface area contributed by atoms with Crippen LogP contribution in [0.15, 0.2) is 22.5 Å². The minimum atomic E-state index is 0. The van der Waals surface area contributed by atoms with Gasteiger partial charge in [-0.3, -0.25) is 4.99 Å². The molecule has 0 aromatic carbocycles. The van der Waals surface area contributed by atoms with Crippen molar-refractivity contribution in [3.8, 4) is 0 Å². The second kappa shape index (κ2) is 8.38. The Kier molecular flexibility index (Phi) is 6.80. The molecule has 1 N–H and O–H groups in total. The second-order valence-electron chi connectivity index (χ2n) is 6.09. The summed E-state index contributed by atoms with van der Waals surface area (Å²) >= 11 is 1.83. The lowest BCUT2D eigenvalue weighted by molar-refractivity contribution is 0.373. The highest BCUT2D eigenvalue weighted by molar-refractivity contribution is 14.0. The summed E-state index contributed by atoms with van der Waals surface area (Å²) in [6.45, 7) is 10.7. The summed E-state index contributed by atoms with van der Waals surface area (Å²) in [6.07, 6.45) is 1.36. The fourth-order valence-electron chi connectivity index (χ4n) is 2.87. The molecule has 1 aromatic heterocycles. The quantitative estimate of drug-likeness (QED) is 0.449. The second-order valence-corrected chi connectivity index (χ2v) is 7.02. The molecule has 1 aromatic rings. The predicted octanol–water partition coefficient (Wildman–Crippen LogP) is 3.11. The molecule has 6 heteroatoms. The molecule has 2 aliphatic rings. The van der Waals surface area contributed by atoms with Crippen molar-refractivity contribution >= 4 is 46.3 Å². The Morgan fingerprint density at radius 3 is 2.64 bits per heavy atom. The average molecular weight is 434 g/mol. The van der Waals surface area contributed by atoms with Gasteiger partial charge in [-0.05, 0) is 42.7 Å². The molecule has 2 fully saturated rings. The van der Waals surface area contributed by atoms with E-state index >= 15 is 0 Å². The van der Waals surface area contributed by atoms with E-state index in [1.165, 1.54) is 11.4 Å². The smallest absolute Gasteiger partial charge is 0.194 e. The lowest BCUT2D eigenvalue weighted by Crippen LogP contribution is -2.52. The van der Waals surface area contributed by atoms with Crippen LogP contribution in [0.3, 0.4) is 0 Å². The molecule has 2 heterocycles. The number of rotatable bonds is 4. The van der Waals surface area contributed by atoms with Crippen molar-refractivity contribution in [2.24, 2.45) is 16.8 Å². The van der Waals surface area contributed by atoms with E-state index in [1.54, 1.807) is 0 Å². The van der Waals surface area contributed by atoms with Gasteiger partial charge in [0.2, 0.25) is 0 Å². The maximum absolute atomic E-state index is 4.85. The number of hydrogen-bond acceptors (Lipinski definition) is 3. The first kappa shape index (κ1) is 17.8. The zero-order valence-corrected chi connectivity index (χ0v) is 16.6. The SMILES string of the molecule is CCNC(=NCC1CC1C)N1CCN(c2cccs2)CC1.I. The van der Waals surface area contributed by atoms with Crippen LogP contribution in [-0.2, 0) is 0 Å². The first-order valence-corrected chi connectivity index (χ1v) is 8.97. The summed E-state index contributed by atoms with van der Waals surface area (Å²) in [7, 11) is 0. The number of thiophene rings is 1. The highest BCUT2D eigenvalue weighted by Gasteiger charge is 2.32. The summed E-state index contributed by atoms with van der Waals surface area (Å²) in [5.41, 5.74) is 0. The number of guanidine groups is 1. The van der Waals surface area contributed by atoms with E-state index in [0.717, 1.165) is 57.1 Å². The average Bonchev–Trinajstić information content (AvgIpc) is 2.99. The van der Waals surface area contributed by atoms with Crippen LogP contribution in [0.25, 0.3) is 0 Å². The number of nitrogens with zero attached hydrogens (tertiary/aromatic N) is 3. The lowest BCUT2D eigenvalue weighted by Gasteiger charge is -2.37. The van der Waals surface area contributed by atoms with E-state index in [2.05, 4.69) is 46.5 Å².